The molecular formula is C15H9BrN2O5S. The van der Waals surface area contributed by atoms with Crippen molar-refractivity contribution in [1.82, 2.24) is 5.16 Å². The highest BCUT2D eigenvalue weighted by Crippen LogP contribution is 2.27. The van der Waals surface area contributed by atoms with Gasteiger partial charge >= 0.3 is 5.97 Å². The monoisotopic (exact) mass is 408 g/mol. The van der Waals surface area contributed by atoms with Crippen LogP contribution in [0, 0.1) is 10.1 Å². The van der Waals surface area contributed by atoms with E-state index < -0.39 is 10.9 Å². The Balaban J connectivity index is 1.68. The van der Waals surface area contributed by atoms with Crippen molar-refractivity contribution in [3.05, 3.63) is 67.6 Å². The van der Waals surface area contributed by atoms with E-state index in [1.54, 1.807) is 6.07 Å². The van der Waals surface area contributed by atoms with Gasteiger partial charge in [0.1, 0.15) is 12.3 Å². The molecule has 0 saturated carbocycles. The van der Waals surface area contributed by atoms with Crippen LogP contribution in [0.1, 0.15) is 16.1 Å². The number of hydrogen-bond acceptors (Lipinski definition) is 7. The first-order chi connectivity index (χ1) is 11.5. The number of halogens is 1. The number of nitrogens with zero attached hydrogens (tertiary/aromatic N) is 2. The number of nitro benzene ring substituents is 1. The van der Waals surface area contributed by atoms with Gasteiger partial charge in [0, 0.05) is 12.1 Å². The van der Waals surface area contributed by atoms with Gasteiger partial charge in [-0.05, 0) is 39.5 Å². The van der Waals surface area contributed by atoms with Gasteiger partial charge in [0.05, 0.1) is 19.8 Å². The molecule has 2 heterocycles. The molecule has 0 atom stereocenters. The number of rotatable bonds is 5. The molecule has 7 nitrogen and oxygen atoms in total. The fourth-order valence-electron chi connectivity index (χ4n) is 1.92. The molecule has 0 bridgehead atoms. The largest absolute Gasteiger partial charge is 0.455 e. The number of carbonyl (C=O) groups is 1. The molecule has 0 aliphatic rings. The van der Waals surface area contributed by atoms with Gasteiger partial charge in [0.2, 0.25) is 0 Å². The average Bonchev–Trinajstić information content (AvgIpc) is 3.24. The second kappa shape index (κ2) is 6.93. The maximum atomic E-state index is 12.0. The molecule has 0 N–H and O–H groups in total. The van der Waals surface area contributed by atoms with E-state index in [0.717, 1.165) is 10.9 Å². The molecule has 0 radical (unpaired) electrons. The van der Waals surface area contributed by atoms with Crippen LogP contribution in [-0.4, -0.2) is 16.0 Å². The van der Waals surface area contributed by atoms with Crippen molar-refractivity contribution in [3.8, 4) is 10.6 Å². The zero-order chi connectivity index (χ0) is 17.1. The van der Waals surface area contributed by atoms with E-state index in [2.05, 4.69) is 21.1 Å². The smallest absolute Gasteiger partial charge is 0.338 e. The Morgan fingerprint density at radius 3 is 2.92 bits per heavy atom. The van der Waals surface area contributed by atoms with Gasteiger partial charge in [0.25, 0.3) is 5.69 Å². The molecule has 0 saturated heterocycles. The third-order valence-corrected chi connectivity index (χ3v) is 4.61. The number of aromatic nitrogens is 1. The average molecular weight is 409 g/mol. The lowest BCUT2D eigenvalue weighted by Crippen LogP contribution is -2.06. The summed E-state index contributed by atoms with van der Waals surface area (Å²) in [6.45, 7) is -0.0857. The Kier molecular flexibility index (Phi) is 4.72. The SMILES string of the molecule is O=C(OCc1cc(-c2cccs2)on1)c1ccc(Br)c([N+](=O)[O-])c1. The minimum absolute atomic E-state index is 0.0857. The summed E-state index contributed by atoms with van der Waals surface area (Å²) in [5.41, 5.74) is 0.344. The molecule has 0 aliphatic heterocycles. The van der Waals surface area contributed by atoms with Crippen LogP contribution < -0.4 is 0 Å². The number of ether oxygens (including phenoxy) is 1. The molecule has 1 aromatic carbocycles. The number of thiophene rings is 1. The summed E-state index contributed by atoms with van der Waals surface area (Å²) in [6.07, 6.45) is 0. The zero-order valence-corrected chi connectivity index (χ0v) is 14.4. The highest BCUT2D eigenvalue weighted by atomic mass is 79.9. The van der Waals surface area contributed by atoms with Crippen molar-refractivity contribution in [1.29, 1.82) is 0 Å². The third-order valence-electron chi connectivity index (χ3n) is 3.05. The van der Waals surface area contributed by atoms with E-state index in [0.29, 0.717) is 15.9 Å². The van der Waals surface area contributed by atoms with Crippen molar-refractivity contribution >= 4 is 38.9 Å². The van der Waals surface area contributed by atoms with Crippen LogP contribution in [0.5, 0.6) is 0 Å². The molecule has 9 heteroatoms. The summed E-state index contributed by atoms with van der Waals surface area (Å²) in [5.74, 6) is -0.0818. The lowest BCUT2D eigenvalue weighted by molar-refractivity contribution is -0.385. The van der Waals surface area contributed by atoms with Gasteiger partial charge in [-0.25, -0.2) is 4.79 Å². The van der Waals surface area contributed by atoms with E-state index in [9.17, 15) is 14.9 Å². The fourth-order valence-corrected chi connectivity index (χ4v) is 2.98. The molecule has 0 amide bonds. The fraction of sp³-hybridized carbons (Fsp3) is 0.0667. The minimum Gasteiger partial charge on any atom is -0.455 e. The normalized spacial score (nSPS) is 10.5. The van der Waals surface area contributed by atoms with Gasteiger partial charge in [0.15, 0.2) is 5.76 Å². The highest BCUT2D eigenvalue weighted by molar-refractivity contribution is 9.10. The maximum Gasteiger partial charge on any atom is 0.338 e. The second-order valence-electron chi connectivity index (χ2n) is 4.66. The molecule has 0 fully saturated rings. The molecule has 122 valence electrons. The van der Waals surface area contributed by atoms with Crippen LogP contribution in [0.4, 0.5) is 5.69 Å². The minimum atomic E-state index is -0.675. The first-order valence-corrected chi connectivity index (χ1v) is 8.32. The Hall–Kier alpha value is -2.52. The van der Waals surface area contributed by atoms with Crippen LogP contribution in [0.2, 0.25) is 0 Å². The molecule has 2 aromatic heterocycles. The van der Waals surface area contributed by atoms with Crippen LogP contribution in [0.15, 0.2) is 50.8 Å². The molecule has 24 heavy (non-hydrogen) atoms. The summed E-state index contributed by atoms with van der Waals surface area (Å²) in [5, 5.41) is 16.6. The Labute approximate surface area is 148 Å². The van der Waals surface area contributed by atoms with Gasteiger partial charge < -0.3 is 9.26 Å². The quantitative estimate of drug-likeness (QED) is 0.352. The lowest BCUT2D eigenvalue weighted by Gasteiger charge is -2.03. The third kappa shape index (κ3) is 3.52. The maximum absolute atomic E-state index is 12.0. The van der Waals surface area contributed by atoms with Crippen molar-refractivity contribution < 1.29 is 19.0 Å². The number of benzene rings is 1. The number of carbonyl (C=O) groups excluding carboxylic acids is 1. The molecule has 0 unspecified atom stereocenters. The van der Waals surface area contributed by atoms with Gasteiger partial charge in [-0.3, -0.25) is 10.1 Å². The lowest BCUT2D eigenvalue weighted by atomic mass is 10.2. The van der Waals surface area contributed by atoms with Crippen LogP contribution >= 0.6 is 27.3 Å². The second-order valence-corrected chi connectivity index (χ2v) is 6.46. The van der Waals surface area contributed by atoms with E-state index in [4.69, 9.17) is 9.26 Å². The van der Waals surface area contributed by atoms with E-state index in [-0.39, 0.29) is 17.9 Å². The van der Waals surface area contributed by atoms with Gasteiger partial charge in [-0.1, -0.05) is 11.2 Å². The molecular weight excluding hydrogens is 400 g/mol. The first-order valence-electron chi connectivity index (χ1n) is 6.65. The summed E-state index contributed by atoms with van der Waals surface area (Å²) in [4.78, 5) is 23.3. The highest BCUT2D eigenvalue weighted by Gasteiger charge is 2.17. The molecule has 0 spiro atoms. The summed E-state index contributed by atoms with van der Waals surface area (Å²) in [6, 6.07) is 9.50. The zero-order valence-electron chi connectivity index (χ0n) is 12.0. The summed E-state index contributed by atoms with van der Waals surface area (Å²) >= 11 is 4.57. The van der Waals surface area contributed by atoms with Crippen LogP contribution in [0.25, 0.3) is 10.6 Å². The van der Waals surface area contributed by atoms with Crippen LogP contribution in [0.3, 0.4) is 0 Å². The predicted molar refractivity (Wildman–Crippen MR) is 89.7 cm³/mol. The van der Waals surface area contributed by atoms with E-state index in [1.807, 2.05) is 17.5 Å². The van der Waals surface area contributed by atoms with E-state index in [1.165, 1.54) is 23.5 Å². The van der Waals surface area contributed by atoms with Gasteiger partial charge in [-0.2, -0.15) is 0 Å². The first kappa shape index (κ1) is 16.3. The molecule has 3 aromatic rings. The Bertz CT molecular complexity index is 891. The number of nitro groups is 1. The van der Waals surface area contributed by atoms with Crippen molar-refractivity contribution in [2.24, 2.45) is 0 Å². The topological polar surface area (TPSA) is 95.5 Å². The predicted octanol–water partition coefficient (Wildman–Crippen LogP) is 4.43. The number of hydrogen-bond donors (Lipinski definition) is 0. The van der Waals surface area contributed by atoms with Crippen molar-refractivity contribution in [2.45, 2.75) is 6.61 Å². The molecule has 0 aliphatic carbocycles. The Morgan fingerprint density at radius 2 is 2.21 bits per heavy atom. The van der Waals surface area contributed by atoms with Crippen molar-refractivity contribution in [2.75, 3.05) is 0 Å². The standard InChI is InChI=1S/C15H9BrN2O5S/c16-11-4-3-9(6-12(11)18(20)21)15(19)22-8-10-7-13(23-17-10)14-2-1-5-24-14/h1-7H,8H2. The molecule has 3 rings (SSSR count). The number of esters is 1. The van der Waals surface area contributed by atoms with Crippen LogP contribution in [-0.2, 0) is 11.3 Å². The van der Waals surface area contributed by atoms with E-state index >= 15 is 0 Å². The summed E-state index contributed by atoms with van der Waals surface area (Å²) < 4.78 is 10.6. The van der Waals surface area contributed by atoms with Crippen molar-refractivity contribution in [3.63, 3.8) is 0 Å². The Morgan fingerprint density at radius 1 is 1.38 bits per heavy atom. The van der Waals surface area contributed by atoms with Gasteiger partial charge in [-0.15, -0.1) is 11.3 Å². The summed E-state index contributed by atoms with van der Waals surface area (Å²) in [7, 11) is 0.